The zero-order valence-corrected chi connectivity index (χ0v) is 16.4. The van der Waals surface area contributed by atoms with Crippen molar-refractivity contribution in [3.8, 4) is 0 Å². The van der Waals surface area contributed by atoms with Crippen LogP contribution in [-0.2, 0) is 14.1 Å². The van der Waals surface area contributed by atoms with E-state index in [1.165, 1.54) is 30.9 Å². The lowest BCUT2D eigenvalue weighted by Gasteiger charge is -2.09. The molecule has 1 N–H and O–H groups in total. The van der Waals surface area contributed by atoms with E-state index in [2.05, 4.69) is 20.4 Å². The number of rotatable bonds is 3. The van der Waals surface area contributed by atoms with Crippen molar-refractivity contribution in [2.75, 3.05) is 5.32 Å². The number of aromatic nitrogens is 6. The molecule has 0 saturated carbocycles. The van der Waals surface area contributed by atoms with E-state index in [0.29, 0.717) is 5.69 Å². The van der Waals surface area contributed by atoms with Crippen molar-refractivity contribution < 1.29 is 4.79 Å². The summed E-state index contributed by atoms with van der Waals surface area (Å²) in [4.78, 5) is 45.6. The molecule has 0 fully saturated rings. The molecular weight excluding hydrogens is 374 g/mol. The van der Waals surface area contributed by atoms with Gasteiger partial charge in [-0.1, -0.05) is 0 Å². The summed E-state index contributed by atoms with van der Waals surface area (Å²) in [5, 5.41) is 8.06. The quantitative estimate of drug-likeness (QED) is 0.559. The number of amides is 1. The minimum absolute atomic E-state index is 0.169. The Kier molecular flexibility index (Phi) is 4.26. The first-order valence-electron chi connectivity index (χ1n) is 8.98. The number of nitrogens with zero attached hydrogens (tertiary/aromatic N) is 6. The molecule has 0 aromatic carbocycles. The molecule has 0 aliphatic rings. The Morgan fingerprint density at radius 3 is 2.45 bits per heavy atom. The molecule has 0 spiro atoms. The lowest BCUT2D eigenvalue weighted by molar-refractivity contribution is 0.102. The van der Waals surface area contributed by atoms with Gasteiger partial charge >= 0.3 is 5.69 Å². The van der Waals surface area contributed by atoms with Crippen LogP contribution in [0.2, 0.25) is 0 Å². The Labute approximate surface area is 164 Å². The van der Waals surface area contributed by atoms with Gasteiger partial charge < -0.3 is 5.32 Å². The van der Waals surface area contributed by atoms with Crippen LogP contribution in [0.4, 0.5) is 5.69 Å². The normalized spacial score (nSPS) is 11.5. The molecule has 10 nitrogen and oxygen atoms in total. The van der Waals surface area contributed by atoms with Gasteiger partial charge in [0, 0.05) is 31.7 Å². The smallest absolute Gasteiger partial charge is 0.321 e. The number of hydrogen-bond acceptors (Lipinski definition) is 6. The number of aryl methyl sites for hydroxylation is 1. The molecular formula is C19H19N7O3. The van der Waals surface area contributed by atoms with E-state index in [-0.39, 0.29) is 22.6 Å². The van der Waals surface area contributed by atoms with E-state index >= 15 is 0 Å². The van der Waals surface area contributed by atoms with Crippen LogP contribution in [0.25, 0.3) is 22.1 Å². The van der Waals surface area contributed by atoms with E-state index in [9.17, 15) is 14.4 Å². The van der Waals surface area contributed by atoms with Crippen LogP contribution in [0, 0.1) is 0 Å². The van der Waals surface area contributed by atoms with E-state index in [4.69, 9.17) is 0 Å². The Morgan fingerprint density at radius 1 is 1.00 bits per heavy atom. The molecule has 4 aromatic rings. The van der Waals surface area contributed by atoms with E-state index < -0.39 is 17.2 Å². The van der Waals surface area contributed by atoms with Crippen molar-refractivity contribution in [2.24, 2.45) is 14.1 Å². The van der Waals surface area contributed by atoms with E-state index in [1.807, 2.05) is 13.8 Å². The Morgan fingerprint density at radius 2 is 1.72 bits per heavy atom. The average Bonchev–Trinajstić information content (AvgIpc) is 3.13. The molecule has 4 aromatic heterocycles. The summed E-state index contributed by atoms with van der Waals surface area (Å²) in [7, 11) is 2.91. The topological polar surface area (TPSA) is 117 Å². The van der Waals surface area contributed by atoms with Crippen LogP contribution in [0.5, 0.6) is 0 Å². The van der Waals surface area contributed by atoms with Crippen LogP contribution < -0.4 is 16.6 Å². The zero-order valence-electron chi connectivity index (χ0n) is 16.4. The maximum Gasteiger partial charge on any atom is 0.332 e. The van der Waals surface area contributed by atoms with Gasteiger partial charge in [-0.25, -0.2) is 19.4 Å². The summed E-state index contributed by atoms with van der Waals surface area (Å²) in [6.45, 7) is 4.02. The SMILES string of the molecule is CC(C)n1ncc2cc(NC(=O)c3cnc4c(c3)c(=O)n(C)c(=O)n4C)cnc21. The van der Waals surface area contributed by atoms with Crippen LogP contribution >= 0.6 is 0 Å². The molecule has 4 rings (SSSR count). The maximum absolute atomic E-state index is 12.7. The fourth-order valence-electron chi connectivity index (χ4n) is 3.18. The Balaban J connectivity index is 1.70. The molecule has 0 aliphatic heterocycles. The van der Waals surface area contributed by atoms with Crippen LogP contribution in [0.3, 0.4) is 0 Å². The minimum atomic E-state index is -0.505. The van der Waals surface area contributed by atoms with Crippen LogP contribution in [0.1, 0.15) is 30.2 Å². The van der Waals surface area contributed by atoms with Gasteiger partial charge in [-0.3, -0.25) is 18.7 Å². The predicted octanol–water partition coefficient (Wildman–Crippen LogP) is 1.21. The van der Waals surface area contributed by atoms with Gasteiger partial charge in [-0.2, -0.15) is 5.10 Å². The summed E-state index contributed by atoms with van der Waals surface area (Å²) >= 11 is 0. The third-order valence-corrected chi connectivity index (χ3v) is 4.74. The number of carbonyl (C=O) groups is 1. The minimum Gasteiger partial charge on any atom is -0.321 e. The van der Waals surface area contributed by atoms with Crippen molar-refractivity contribution in [3.05, 3.63) is 57.1 Å². The number of anilines is 1. The summed E-state index contributed by atoms with van der Waals surface area (Å²) in [6, 6.07) is 3.38. The molecule has 10 heteroatoms. The third-order valence-electron chi connectivity index (χ3n) is 4.74. The van der Waals surface area contributed by atoms with Gasteiger partial charge in [0.25, 0.3) is 11.5 Å². The first-order chi connectivity index (χ1) is 13.8. The van der Waals surface area contributed by atoms with Crippen molar-refractivity contribution in [2.45, 2.75) is 19.9 Å². The Bertz CT molecular complexity index is 1390. The molecule has 0 bridgehead atoms. The van der Waals surface area contributed by atoms with Gasteiger partial charge in [0.15, 0.2) is 5.65 Å². The van der Waals surface area contributed by atoms with Crippen molar-refractivity contribution in [3.63, 3.8) is 0 Å². The highest BCUT2D eigenvalue weighted by atomic mass is 16.2. The standard InChI is InChI=1S/C19H19N7O3/c1-10(2)26-15-11(8-22-26)5-13(9-21-15)23-17(27)12-6-14-16(20-7-12)24(3)19(29)25(4)18(14)28/h5-10H,1-4H3,(H,23,27). The molecule has 0 unspecified atom stereocenters. The monoisotopic (exact) mass is 393 g/mol. The first-order valence-corrected chi connectivity index (χ1v) is 8.98. The van der Waals surface area contributed by atoms with Crippen LogP contribution in [0.15, 0.2) is 40.3 Å². The lowest BCUT2D eigenvalue weighted by Crippen LogP contribution is -2.37. The molecule has 0 atom stereocenters. The number of nitrogens with one attached hydrogen (secondary N) is 1. The van der Waals surface area contributed by atoms with Crippen LogP contribution in [-0.4, -0.2) is 34.8 Å². The highest BCUT2D eigenvalue weighted by Gasteiger charge is 2.15. The summed E-state index contributed by atoms with van der Waals surface area (Å²) in [6.07, 6.45) is 4.58. The fourth-order valence-corrected chi connectivity index (χ4v) is 3.18. The highest BCUT2D eigenvalue weighted by molar-refractivity contribution is 6.06. The van der Waals surface area contributed by atoms with Crippen molar-refractivity contribution in [1.29, 1.82) is 0 Å². The molecule has 0 radical (unpaired) electrons. The van der Waals surface area contributed by atoms with Gasteiger partial charge in [0.05, 0.1) is 29.0 Å². The van der Waals surface area contributed by atoms with Gasteiger partial charge in [-0.05, 0) is 26.0 Å². The lowest BCUT2D eigenvalue weighted by atomic mass is 10.2. The van der Waals surface area contributed by atoms with Gasteiger partial charge in [0.1, 0.15) is 5.65 Å². The molecule has 1 amide bonds. The van der Waals surface area contributed by atoms with E-state index in [0.717, 1.165) is 15.6 Å². The van der Waals surface area contributed by atoms with Crippen molar-refractivity contribution in [1.82, 2.24) is 28.9 Å². The number of pyridine rings is 2. The largest absolute Gasteiger partial charge is 0.332 e. The Hall–Kier alpha value is -3.82. The summed E-state index contributed by atoms with van der Waals surface area (Å²) < 4.78 is 4.05. The molecule has 4 heterocycles. The maximum atomic E-state index is 12.7. The van der Waals surface area contributed by atoms with Gasteiger partial charge in [-0.15, -0.1) is 0 Å². The average molecular weight is 393 g/mol. The van der Waals surface area contributed by atoms with Crippen molar-refractivity contribution >= 4 is 33.7 Å². The van der Waals surface area contributed by atoms with E-state index in [1.54, 1.807) is 23.1 Å². The number of fused-ring (bicyclic) bond motifs is 2. The third kappa shape index (κ3) is 2.98. The number of hydrogen-bond donors (Lipinski definition) is 1. The molecule has 29 heavy (non-hydrogen) atoms. The molecule has 0 aliphatic carbocycles. The second kappa shape index (κ2) is 6.66. The highest BCUT2D eigenvalue weighted by Crippen LogP contribution is 2.19. The zero-order chi connectivity index (χ0) is 20.9. The number of carbonyl (C=O) groups excluding carboxylic acids is 1. The second-order valence-electron chi connectivity index (χ2n) is 7.07. The molecule has 148 valence electrons. The molecule has 0 saturated heterocycles. The van der Waals surface area contributed by atoms with Gasteiger partial charge in [0.2, 0.25) is 0 Å². The second-order valence-corrected chi connectivity index (χ2v) is 7.07. The fraction of sp³-hybridized carbons (Fsp3) is 0.263. The summed E-state index contributed by atoms with van der Waals surface area (Å²) in [5.41, 5.74) is 0.669. The summed E-state index contributed by atoms with van der Waals surface area (Å²) in [5.74, 6) is -0.437. The first kappa shape index (κ1) is 18.5. The predicted molar refractivity (Wildman–Crippen MR) is 108 cm³/mol.